The fourth-order valence-corrected chi connectivity index (χ4v) is 4.56. The number of rotatable bonds is 4. The molecule has 1 aliphatic heterocycles. The van der Waals surface area contributed by atoms with E-state index in [4.69, 9.17) is 4.74 Å². The summed E-state index contributed by atoms with van der Waals surface area (Å²) in [4.78, 5) is 33.0. The van der Waals surface area contributed by atoms with Crippen LogP contribution in [0.4, 0.5) is 10.6 Å². The normalized spacial score (nSPS) is 20.0. The molecule has 1 aliphatic carbocycles. The summed E-state index contributed by atoms with van der Waals surface area (Å²) in [5, 5.41) is 13.7. The largest absolute Gasteiger partial charge is 0.444 e. The molecule has 0 atom stereocenters. The van der Waals surface area contributed by atoms with Crippen LogP contribution in [-0.4, -0.2) is 49.3 Å². The number of carbonyl (C=O) groups excluding carboxylic acids is 2. The second-order valence-electron chi connectivity index (χ2n) is 9.88. The van der Waals surface area contributed by atoms with E-state index in [-0.39, 0.29) is 24.1 Å². The molecule has 10 nitrogen and oxygen atoms in total. The second kappa shape index (κ2) is 8.58. The lowest BCUT2D eigenvalue weighted by Gasteiger charge is -2.30. The van der Waals surface area contributed by atoms with Crippen molar-refractivity contribution in [3.8, 4) is 11.3 Å². The van der Waals surface area contributed by atoms with Crippen LogP contribution in [0.3, 0.4) is 0 Å². The molecule has 3 heterocycles. The zero-order chi connectivity index (χ0) is 23.9. The van der Waals surface area contributed by atoms with Crippen molar-refractivity contribution in [2.75, 3.05) is 5.32 Å². The van der Waals surface area contributed by atoms with E-state index < -0.39 is 5.60 Å². The topological polar surface area (TPSA) is 123 Å². The second-order valence-corrected chi connectivity index (χ2v) is 9.88. The molecule has 2 aromatic heterocycles. The lowest BCUT2D eigenvalue weighted by atomic mass is 9.91. The van der Waals surface area contributed by atoms with Crippen LogP contribution >= 0.6 is 0 Å². The molecule has 178 valence electrons. The minimum atomic E-state index is -0.502. The van der Waals surface area contributed by atoms with E-state index in [0.717, 1.165) is 42.5 Å². The number of hydrogen-bond donors (Lipinski definition) is 3. The van der Waals surface area contributed by atoms with Gasteiger partial charge in [0.25, 0.3) is 5.91 Å². The van der Waals surface area contributed by atoms with Gasteiger partial charge in [-0.2, -0.15) is 5.10 Å². The van der Waals surface area contributed by atoms with Crippen LogP contribution in [0, 0.1) is 0 Å². The molecule has 34 heavy (non-hydrogen) atoms. The van der Waals surface area contributed by atoms with Crippen molar-refractivity contribution in [2.45, 2.75) is 70.7 Å². The summed E-state index contributed by atoms with van der Waals surface area (Å²) >= 11 is 0. The first-order valence-electron chi connectivity index (χ1n) is 11.6. The average Bonchev–Trinajstić information content (AvgIpc) is 3.41. The van der Waals surface area contributed by atoms with Gasteiger partial charge in [-0.15, -0.1) is 0 Å². The minimum Gasteiger partial charge on any atom is -0.444 e. The van der Waals surface area contributed by atoms with E-state index in [9.17, 15) is 9.59 Å². The van der Waals surface area contributed by atoms with Crippen LogP contribution in [0.25, 0.3) is 16.9 Å². The summed E-state index contributed by atoms with van der Waals surface area (Å²) in [5.74, 6) is 0.643. The van der Waals surface area contributed by atoms with Crippen LogP contribution < -0.4 is 16.0 Å². The standard InChI is InChI=1S/C24H29N7O3/c1-24(2,3)34-23(33)30-17-7-5-16(6-8-17)29-20-21-27-13-28-31(21)19(12-25-20)14-4-9-18-15(10-14)11-26-22(18)32/h4,9-10,12-13,16-17H,5-8,11H2,1-3H3,(H,25,29)(H,26,32)(H,30,33). The summed E-state index contributed by atoms with van der Waals surface area (Å²) in [5.41, 5.74) is 3.57. The molecule has 2 amide bonds. The van der Waals surface area contributed by atoms with E-state index in [1.54, 1.807) is 10.7 Å². The molecule has 10 heteroatoms. The number of nitrogens with one attached hydrogen (secondary N) is 3. The van der Waals surface area contributed by atoms with E-state index >= 15 is 0 Å². The molecule has 2 aliphatic rings. The van der Waals surface area contributed by atoms with Crippen molar-refractivity contribution >= 4 is 23.5 Å². The molecule has 3 aromatic rings. The highest BCUT2D eigenvalue weighted by Crippen LogP contribution is 2.28. The van der Waals surface area contributed by atoms with Gasteiger partial charge in [-0.05, 0) is 64.2 Å². The Morgan fingerprint density at radius 2 is 1.91 bits per heavy atom. The number of amides is 2. The van der Waals surface area contributed by atoms with Crippen molar-refractivity contribution in [1.82, 2.24) is 30.2 Å². The Balaban J connectivity index is 1.26. The van der Waals surface area contributed by atoms with Gasteiger partial charge >= 0.3 is 6.09 Å². The Labute approximate surface area is 197 Å². The van der Waals surface area contributed by atoms with Crippen molar-refractivity contribution in [3.63, 3.8) is 0 Å². The molecule has 0 unspecified atom stereocenters. The highest BCUT2D eigenvalue weighted by Gasteiger charge is 2.26. The van der Waals surface area contributed by atoms with Crippen molar-refractivity contribution < 1.29 is 14.3 Å². The smallest absolute Gasteiger partial charge is 0.407 e. The van der Waals surface area contributed by atoms with Crippen molar-refractivity contribution in [1.29, 1.82) is 0 Å². The van der Waals surface area contributed by atoms with Crippen molar-refractivity contribution in [2.24, 2.45) is 0 Å². The number of nitrogens with zero attached hydrogens (tertiary/aromatic N) is 4. The Morgan fingerprint density at radius 1 is 1.15 bits per heavy atom. The molecule has 1 aromatic carbocycles. The lowest BCUT2D eigenvalue weighted by Crippen LogP contribution is -2.42. The fourth-order valence-electron chi connectivity index (χ4n) is 4.56. The maximum atomic E-state index is 12.0. The first-order chi connectivity index (χ1) is 16.3. The maximum absolute atomic E-state index is 12.0. The van der Waals surface area contributed by atoms with E-state index in [1.807, 2.05) is 39.0 Å². The van der Waals surface area contributed by atoms with Gasteiger partial charge in [-0.25, -0.2) is 19.3 Å². The van der Waals surface area contributed by atoms with Crippen LogP contribution in [-0.2, 0) is 11.3 Å². The fraction of sp³-hybridized carbons (Fsp3) is 0.458. The van der Waals surface area contributed by atoms with E-state index in [2.05, 4.69) is 31.0 Å². The molecule has 0 radical (unpaired) electrons. The number of anilines is 1. The highest BCUT2D eigenvalue weighted by atomic mass is 16.6. The van der Waals surface area contributed by atoms with Gasteiger partial charge in [0.2, 0.25) is 0 Å². The summed E-state index contributed by atoms with van der Waals surface area (Å²) in [6, 6.07) is 6.09. The quantitative estimate of drug-likeness (QED) is 0.543. The summed E-state index contributed by atoms with van der Waals surface area (Å²) < 4.78 is 7.14. The summed E-state index contributed by atoms with van der Waals surface area (Å²) in [6.07, 6.45) is 6.46. The molecule has 1 saturated carbocycles. The third-order valence-electron chi connectivity index (χ3n) is 6.18. The zero-order valence-corrected chi connectivity index (χ0v) is 19.6. The number of aromatic nitrogens is 4. The number of benzene rings is 1. The predicted molar refractivity (Wildman–Crippen MR) is 126 cm³/mol. The van der Waals surface area contributed by atoms with Gasteiger partial charge in [0.15, 0.2) is 11.5 Å². The molecule has 0 bridgehead atoms. The zero-order valence-electron chi connectivity index (χ0n) is 19.6. The maximum Gasteiger partial charge on any atom is 0.407 e. The Kier molecular flexibility index (Phi) is 5.59. The SMILES string of the molecule is CC(C)(C)OC(=O)NC1CCC(Nc2ncc(-c3ccc4c(c3)CNC4=O)n3ncnc23)CC1. The monoisotopic (exact) mass is 463 g/mol. The number of fused-ring (bicyclic) bond motifs is 2. The van der Waals surface area contributed by atoms with Gasteiger partial charge < -0.3 is 20.7 Å². The molecular formula is C24H29N7O3. The number of ether oxygens (including phenoxy) is 1. The molecule has 0 saturated heterocycles. The Morgan fingerprint density at radius 3 is 2.68 bits per heavy atom. The lowest BCUT2D eigenvalue weighted by molar-refractivity contribution is 0.0492. The predicted octanol–water partition coefficient (Wildman–Crippen LogP) is 3.28. The van der Waals surface area contributed by atoms with E-state index in [0.29, 0.717) is 23.6 Å². The Bertz CT molecular complexity index is 1240. The third kappa shape index (κ3) is 4.52. The molecule has 1 fully saturated rings. The molecule has 0 spiro atoms. The Hall–Kier alpha value is -3.69. The van der Waals surface area contributed by atoms with Crippen molar-refractivity contribution in [3.05, 3.63) is 41.9 Å². The first-order valence-corrected chi connectivity index (χ1v) is 11.6. The average molecular weight is 464 g/mol. The minimum absolute atomic E-state index is 0.0406. The number of hydrogen-bond acceptors (Lipinski definition) is 7. The van der Waals surface area contributed by atoms with Gasteiger partial charge in [0.1, 0.15) is 11.9 Å². The molecule has 3 N–H and O–H groups in total. The molecule has 5 rings (SSSR count). The highest BCUT2D eigenvalue weighted by molar-refractivity contribution is 5.98. The number of alkyl carbamates (subject to hydrolysis) is 1. The van der Waals surface area contributed by atoms with Crippen LogP contribution in [0.1, 0.15) is 62.4 Å². The van der Waals surface area contributed by atoms with Crippen LogP contribution in [0.2, 0.25) is 0 Å². The van der Waals surface area contributed by atoms with Gasteiger partial charge in [-0.1, -0.05) is 6.07 Å². The summed E-state index contributed by atoms with van der Waals surface area (Å²) in [7, 11) is 0. The van der Waals surface area contributed by atoms with Gasteiger partial charge in [0.05, 0.1) is 11.9 Å². The van der Waals surface area contributed by atoms with E-state index in [1.165, 1.54) is 6.33 Å². The van der Waals surface area contributed by atoms with Gasteiger partial charge in [-0.3, -0.25) is 4.79 Å². The summed E-state index contributed by atoms with van der Waals surface area (Å²) in [6.45, 7) is 6.11. The molecular weight excluding hydrogens is 434 g/mol. The van der Waals surface area contributed by atoms with Crippen LogP contribution in [0.5, 0.6) is 0 Å². The number of carbonyl (C=O) groups is 2. The van der Waals surface area contributed by atoms with Crippen LogP contribution in [0.15, 0.2) is 30.7 Å². The van der Waals surface area contributed by atoms with Gasteiger partial charge in [0, 0.05) is 29.8 Å². The third-order valence-corrected chi connectivity index (χ3v) is 6.18. The first kappa shape index (κ1) is 22.1.